The van der Waals surface area contributed by atoms with E-state index in [1.807, 2.05) is 0 Å². The summed E-state index contributed by atoms with van der Waals surface area (Å²) in [5, 5.41) is 9.81. The standard InChI is InChI=1S/C18H25NO/c1-16(2)13-7-11-18(12-19)9-5-4-6-14(18)17(13,3)10-8-15(16)20/h6,13H,4-5,7-11H2,1-3H3/t13-,17-,18+/m0/s1. The SMILES string of the molecule is CC1(C)C(=O)CC[C@]2(C)C3=CCCC[C@]3(C#N)CC[C@@H]12. The molecule has 0 unspecified atom stereocenters. The zero-order valence-electron chi connectivity index (χ0n) is 13.0. The lowest BCUT2D eigenvalue weighted by Gasteiger charge is -2.58. The molecule has 2 nitrogen and oxygen atoms in total. The zero-order valence-corrected chi connectivity index (χ0v) is 13.0. The molecule has 0 bridgehead atoms. The summed E-state index contributed by atoms with van der Waals surface area (Å²) in [7, 11) is 0. The van der Waals surface area contributed by atoms with Crippen LogP contribution in [0.25, 0.3) is 0 Å². The predicted octanol–water partition coefficient (Wildman–Crippen LogP) is 4.41. The highest BCUT2D eigenvalue weighted by atomic mass is 16.1. The summed E-state index contributed by atoms with van der Waals surface area (Å²) in [6, 6.07) is 2.66. The van der Waals surface area contributed by atoms with Crippen molar-refractivity contribution in [1.29, 1.82) is 5.26 Å². The Morgan fingerprint density at radius 2 is 2.00 bits per heavy atom. The maximum atomic E-state index is 12.3. The van der Waals surface area contributed by atoms with Crippen LogP contribution in [0.3, 0.4) is 0 Å². The van der Waals surface area contributed by atoms with Crippen molar-refractivity contribution < 1.29 is 4.79 Å². The Kier molecular flexibility index (Phi) is 2.91. The first-order valence-corrected chi connectivity index (χ1v) is 8.02. The van der Waals surface area contributed by atoms with Crippen LogP contribution in [0, 0.1) is 33.5 Å². The fraction of sp³-hybridized carbons (Fsp3) is 0.778. The monoisotopic (exact) mass is 271 g/mol. The summed E-state index contributed by atoms with van der Waals surface area (Å²) in [6.07, 6.45) is 9.22. The Morgan fingerprint density at radius 3 is 2.70 bits per heavy atom. The van der Waals surface area contributed by atoms with Crippen molar-refractivity contribution in [2.24, 2.45) is 22.2 Å². The number of carbonyl (C=O) groups excluding carboxylic acids is 1. The highest BCUT2D eigenvalue weighted by Crippen LogP contribution is 2.65. The fourth-order valence-corrected chi connectivity index (χ4v) is 5.44. The van der Waals surface area contributed by atoms with Gasteiger partial charge in [-0.05, 0) is 55.4 Å². The molecule has 0 aromatic heterocycles. The topological polar surface area (TPSA) is 40.9 Å². The third-order valence-corrected chi connectivity index (χ3v) is 6.59. The minimum Gasteiger partial charge on any atom is -0.299 e. The molecule has 3 atom stereocenters. The molecule has 0 N–H and O–H groups in total. The molecule has 3 rings (SSSR count). The van der Waals surface area contributed by atoms with Crippen LogP contribution in [-0.2, 0) is 4.79 Å². The molecule has 3 aliphatic rings. The van der Waals surface area contributed by atoms with Gasteiger partial charge in [-0.25, -0.2) is 0 Å². The molecule has 2 saturated carbocycles. The van der Waals surface area contributed by atoms with Gasteiger partial charge in [0.2, 0.25) is 0 Å². The van der Waals surface area contributed by atoms with Crippen molar-refractivity contribution in [2.75, 3.05) is 0 Å². The van der Waals surface area contributed by atoms with Crippen LogP contribution in [-0.4, -0.2) is 5.78 Å². The first-order valence-electron chi connectivity index (χ1n) is 8.02. The largest absolute Gasteiger partial charge is 0.299 e. The third-order valence-electron chi connectivity index (χ3n) is 6.59. The Hall–Kier alpha value is -1.10. The minimum atomic E-state index is -0.229. The van der Waals surface area contributed by atoms with Crippen molar-refractivity contribution in [3.8, 4) is 6.07 Å². The van der Waals surface area contributed by atoms with Gasteiger partial charge in [0.15, 0.2) is 0 Å². The number of hydrogen-bond acceptors (Lipinski definition) is 2. The number of ketones is 1. The van der Waals surface area contributed by atoms with E-state index in [0.717, 1.165) is 38.5 Å². The minimum absolute atomic E-state index is 0.0613. The van der Waals surface area contributed by atoms with Gasteiger partial charge in [-0.2, -0.15) is 5.26 Å². The summed E-state index contributed by atoms with van der Waals surface area (Å²) in [5.41, 5.74) is 0.995. The molecule has 0 aromatic rings. The van der Waals surface area contributed by atoms with E-state index < -0.39 is 0 Å². The number of rotatable bonds is 0. The summed E-state index contributed by atoms with van der Waals surface area (Å²) >= 11 is 0. The van der Waals surface area contributed by atoms with Crippen LogP contribution < -0.4 is 0 Å². The quantitative estimate of drug-likeness (QED) is 0.612. The molecule has 108 valence electrons. The van der Waals surface area contributed by atoms with E-state index in [0.29, 0.717) is 18.1 Å². The molecular formula is C18H25NO. The Balaban J connectivity index is 2.10. The maximum Gasteiger partial charge on any atom is 0.138 e. The molecule has 0 heterocycles. The van der Waals surface area contributed by atoms with Gasteiger partial charge in [0.25, 0.3) is 0 Å². The van der Waals surface area contributed by atoms with Gasteiger partial charge in [-0.15, -0.1) is 0 Å². The molecule has 2 heteroatoms. The highest BCUT2D eigenvalue weighted by molar-refractivity contribution is 5.85. The Morgan fingerprint density at radius 1 is 1.25 bits per heavy atom. The summed E-state index contributed by atoms with van der Waals surface area (Å²) in [6.45, 7) is 6.58. The van der Waals surface area contributed by atoms with Gasteiger partial charge in [0.1, 0.15) is 5.78 Å². The van der Waals surface area contributed by atoms with Crippen LogP contribution in [0.4, 0.5) is 0 Å². The van der Waals surface area contributed by atoms with E-state index in [9.17, 15) is 10.1 Å². The molecule has 2 fully saturated rings. The summed E-state index contributed by atoms with van der Waals surface area (Å²) < 4.78 is 0. The molecule has 20 heavy (non-hydrogen) atoms. The van der Waals surface area contributed by atoms with Crippen molar-refractivity contribution >= 4 is 5.78 Å². The van der Waals surface area contributed by atoms with Gasteiger partial charge in [0.05, 0.1) is 11.5 Å². The number of hydrogen-bond donors (Lipinski definition) is 0. The van der Waals surface area contributed by atoms with E-state index in [2.05, 4.69) is 32.9 Å². The molecule has 0 saturated heterocycles. The molecule has 0 aliphatic heterocycles. The lowest BCUT2D eigenvalue weighted by atomic mass is 9.44. The van der Waals surface area contributed by atoms with Crippen LogP contribution in [0.15, 0.2) is 11.6 Å². The van der Waals surface area contributed by atoms with Crippen LogP contribution >= 0.6 is 0 Å². The fourth-order valence-electron chi connectivity index (χ4n) is 5.44. The number of fused-ring (bicyclic) bond motifs is 3. The molecular weight excluding hydrogens is 246 g/mol. The van der Waals surface area contributed by atoms with Crippen molar-refractivity contribution in [3.05, 3.63) is 11.6 Å². The molecule has 3 aliphatic carbocycles. The van der Waals surface area contributed by atoms with Gasteiger partial charge in [-0.3, -0.25) is 4.79 Å². The number of Topliss-reactive ketones (excluding diaryl/α,β-unsaturated/α-hetero) is 1. The second-order valence-electron chi connectivity index (χ2n) is 7.86. The first kappa shape index (κ1) is 13.9. The molecule has 0 amide bonds. The second kappa shape index (κ2) is 4.20. The normalized spacial score (nSPS) is 43.0. The van der Waals surface area contributed by atoms with Crippen LogP contribution in [0.2, 0.25) is 0 Å². The van der Waals surface area contributed by atoms with Gasteiger partial charge < -0.3 is 0 Å². The summed E-state index contributed by atoms with van der Waals surface area (Å²) in [4.78, 5) is 12.3. The lowest BCUT2D eigenvalue weighted by Crippen LogP contribution is -2.54. The summed E-state index contributed by atoms with van der Waals surface area (Å²) in [5.74, 6) is 0.822. The number of nitrogens with zero attached hydrogens (tertiary/aromatic N) is 1. The maximum absolute atomic E-state index is 12.3. The first-order chi connectivity index (χ1) is 9.37. The van der Waals surface area contributed by atoms with Crippen molar-refractivity contribution in [2.45, 2.75) is 65.7 Å². The number of allylic oxidation sites excluding steroid dienone is 2. The van der Waals surface area contributed by atoms with E-state index in [-0.39, 0.29) is 16.2 Å². The van der Waals surface area contributed by atoms with Gasteiger partial charge in [-0.1, -0.05) is 26.8 Å². The van der Waals surface area contributed by atoms with Crippen LogP contribution in [0.1, 0.15) is 65.7 Å². The highest BCUT2D eigenvalue weighted by Gasteiger charge is 2.59. The van der Waals surface area contributed by atoms with Crippen molar-refractivity contribution in [1.82, 2.24) is 0 Å². The number of nitriles is 1. The van der Waals surface area contributed by atoms with Crippen LogP contribution in [0.5, 0.6) is 0 Å². The van der Waals surface area contributed by atoms with Crippen molar-refractivity contribution in [3.63, 3.8) is 0 Å². The second-order valence-corrected chi connectivity index (χ2v) is 7.86. The molecule has 0 radical (unpaired) electrons. The predicted molar refractivity (Wildman–Crippen MR) is 78.8 cm³/mol. The van der Waals surface area contributed by atoms with E-state index in [1.54, 1.807) is 0 Å². The third kappa shape index (κ3) is 1.59. The lowest BCUT2D eigenvalue weighted by molar-refractivity contribution is -0.141. The van der Waals surface area contributed by atoms with E-state index in [1.165, 1.54) is 5.57 Å². The zero-order chi connectivity index (χ0) is 14.6. The van der Waals surface area contributed by atoms with E-state index >= 15 is 0 Å². The Bertz CT molecular complexity index is 524. The molecule has 0 spiro atoms. The van der Waals surface area contributed by atoms with Gasteiger partial charge in [0, 0.05) is 11.8 Å². The van der Waals surface area contributed by atoms with E-state index in [4.69, 9.17) is 0 Å². The smallest absolute Gasteiger partial charge is 0.138 e. The van der Waals surface area contributed by atoms with Gasteiger partial charge >= 0.3 is 0 Å². The average molecular weight is 271 g/mol. The average Bonchev–Trinajstić information content (AvgIpc) is 2.43. The number of carbonyl (C=O) groups is 1. The molecule has 0 aromatic carbocycles. The Labute approximate surface area is 122 Å².